The molecule has 3 N–H and O–H groups in total. The summed E-state index contributed by atoms with van der Waals surface area (Å²) in [6.07, 6.45) is 1.45. The topological polar surface area (TPSA) is 113 Å². The van der Waals surface area contributed by atoms with Crippen LogP contribution in [0.5, 0.6) is 5.75 Å². The van der Waals surface area contributed by atoms with Gasteiger partial charge in [0.15, 0.2) is 0 Å². The van der Waals surface area contributed by atoms with Gasteiger partial charge in [0.1, 0.15) is 17.3 Å². The van der Waals surface area contributed by atoms with Crippen LogP contribution >= 0.6 is 11.6 Å². The zero-order valence-electron chi connectivity index (χ0n) is 26.7. The van der Waals surface area contributed by atoms with Crippen LogP contribution in [0.4, 0.5) is 4.39 Å². The fraction of sp³-hybridized carbons (Fsp3) is 0.389. The minimum Gasteiger partial charge on any atom is -0.493 e. The van der Waals surface area contributed by atoms with Crippen molar-refractivity contribution in [1.29, 1.82) is 0 Å². The van der Waals surface area contributed by atoms with Crippen LogP contribution < -0.4 is 4.74 Å². The third-order valence-electron chi connectivity index (χ3n) is 8.75. The first-order valence-electron chi connectivity index (χ1n) is 16.3. The van der Waals surface area contributed by atoms with E-state index < -0.39 is 12.1 Å². The number of aromatic amines is 2. The van der Waals surface area contributed by atoms with Gasteiger partial charge in [-0.2, -0.15) is 5.10 Å². The van der Waals surface area contributed by atoms with E-state index in [1.54, 1.807) is 13.0 Å². The number of nitrogens with one attached hydrogen (secondary N) is 2. The van der Waals surface area contributed by atoms with E-state index in [1.807, 2.05) is 37.3 Å². The van der Waals surface area contributed by atoms with Gasteiger partial charge in [-0.05, 0) is 73.9 Å². The summed E-state index contributed by atoms with van der Waals surface area (Å²) in [5.41, 5.74) is 4.66. The number of aliphatic hydroxyl groups excluding tert-OH is 1. The highest BCUT2D eigenvalue weighted by molar-refractivity contribution is 6.35. The van der Waals surface area contributed by atoms with E-state index in [0.29, 0.717) is 85.3 Å². The van der Waals surface area contributed by atoms with Crippen LogP contribution in [0.1, 0.15) is 60.2 Å². The van der Waals surface area contributed by atoms with E-state index in [1.165, 1.54) is 12.1 Å². The Kier molecular flexibility index (Phi) is 10.4. The second-order valence-electron chi connectivity index (χ2n) is 11.7. The van der Waals surface area contributed by atoms with Crippen molar-refractivity contribution >= 4 is 39.2 Å². The average molecular weight is 663 g/mol. The number of esters is 1. The van der Waals surface area contributed by atoms with Crippen molar-refractivity contribution in [2.45, 2.75) is 45.6 Å². The second-order valence-corrected chi connectivity index (χ2v) is 12.1. The lowest BCUT2D eigenvalue weighted by Gasteiger charge is -2.27. The quantitative estimate of drug-likeness (QED) is 0.0918. The molecule has 0 bridgehead atoms. The molecule has 11 heteroatoms. The Labute approximate surface area is 278 Å². The number of ether oxygens (including phenoxy) is 3. The van der Waals surface area contributed by atoms with Gasteiger partial charge in [0.25, 0.3) is 0 Å². The predicted molar refractivity (Wildman–Crippen MR) is 181 cm³/mol. The predicted octanol–water partition coefficient (Wildman–Crippen LogP) is 7.01. The van der Waals surface area contributed by atoms with Crippen LogP contribution in [0, 0.1) is 5.82 Å². The Morgan fingerprint density at radius 2 is 1.94 bits per heavy atom. The Bertz CT molecular complexity index is 1870. The van der Waals surface area contributed by atoms with E-state index in [-0.39, 0.29) is 12.4 Å². The first kappa shape index (κ1) is 33.0. The molecule has 2 aromatic heterocycles. The zero-order valence-corrected chi connectivity index (χ0v) is 27.5. The highest BCUT2D eigenvalue weighted by atomic mass is 35.5. The summed E-state index contributed by atoms with van der Waals surface area (Å²) in [5.74, 6) is -0.0737. The molecule has 0 radical (unpaired) electrons. The summed E-state index contributed by atoms with van der Waals surface area (Å²) >= 11 is 6.93. The Morgan fingerprint density at radius 1 is 1.13 bits per heavy atom. The minimum absolute atomic E-state index is 0.229. The van der Waals surface area contributed by atoms with Crippen LogP contribution in [-0.4, -0.2) is 77.2 Å². The Hall–Kier alpha value is -3.96. The lowest BCUT2D eigenvalue weighted by atomic mass is 9.95. The van der Waals surface area contributed by atoms with Gasteiger partial charge in [-0.3, -0.25) is 10.00 Å². The summed E-state index contributed by atoms with van der Waals surface area (Å²) in [7, 11) is 0. The molecule has 1 aliphatic rings. The lowest BCUT2D eigenvalue weighted by Crippen LogP contribution is -2.37. The molecular formula is C36H40ClFN4O5. The molecule has 3 heterocycles. The molecule has 1 atom stereocenters. The van der Waals surface area contributed by atoms with E-state index >= 15 is 0 Å². The highest BCUT2D eigenvalue weighted by Crippen LogP contribution is 2.42. The molecule has 3 aromatic carbocycles. The molecule has 5 aromatic rings. The first-order valence-corrected chi connectivity index (χ1v) is 16.6. The smallest absolute Gasteiger partial charge is 0.355 e. The van der Waals surface area contributed by atoms with Gasteiger partial charge in [-0.15, -0.1) is 0 Å². The molecule has 1 saturated heterocycles. The summed E-state index contributed by atoms with van der Waals surface area (Å²) < 4.78 is 30.8. The molecule has 47 heavy (non-hydrogen) atoms. The van der Waals surface area contributed by atoms with Crippen molar-refractivity contribution in [3.63, 3.8) is 0 Å². The van der Waals surface area contributed by atoms with Crippen LogP contribution in [0.2, 0.25) is 5.02 Å². The van der Waals surface area contributed by atoms with E-state index in [4.69, 9.17) is 25.8 Å². The number of aliphatic hydroxyl groups is 1. The van der Waals surface area contributed by atoms with Crippen molar-refractivity contribution in [3.8, 4) is 16.9 Å². The Balaban J connectivity index is 1.31. The standard InChI is InChI=1S/C36H40ClFN4O5/c1-3-28-32(35(41-40-28)29(43)14-15-42-16-19-45-20-17-42)31-27(37)13-12-26-25(34(39-33(26)31)36(44)46-4-2)8-6-18-47-30-9-5-7-22-21-23(38)10-11-24(22)30/h5,7,9-13,21,29,39,43H,3-4,6,8,14-20H2,1-2H3,(H,40,41)/t29-/m1/s1. The third-order valence-corrected chi connectivity index (χ3v) is 9.07. The largest absolute Gasteiger partial charge is 0.493 e. The van der Waals surface area contributed by atoms with Crippen LogP contribution in [0.25, 0.3) is 32.8 Å². The van der Waals surface area contributed by atoms with E-state index in [2.05, 4.69) is 20.1 Å². The van der Waals surface area contributed by atoms with Crippen molar-refractivity contribution in [2.24, 2.45) is 0 Å². The third kappa shape index (κ3) is 7.01. The molecule has 0 aliphatic carbocycles. The summed E-state index contributed by atoms with van der Waals surface area (Å²) in [6, 6.07) is 13.9. The van der Waals surface area contributed by atoms with Crippen molar-refractivity contribution in [3.05, 3.63) is 82.0 Å². The number of aromatic nitrogens is 3. The number of carbonyl (C=O) groups excluding carboxylic acids is 1. The van der Waals surface area contributed by atoms with Gasteiger partial charge in [-0.1, -0.05) is 36.7 Å². The van der Waals surface area contributed by atoms with E-state index in [9.17, 15) is 14.3 Å². The average Bonchev–Trinajstić information content (AvgIpc) is 3.67. The van der Waals surface area contributed by atoms with Crippen molar-refractivity contribution < 1.29 is 28.5 Å². The van der Waals surface area contributed by atoms with Gasteiger partial charge < -0.3 is 24.3 Å². The number of halogens is 2. The monoisotopic (exact) mass is 662 g/mol. The summed E-state index contributed by atoms with van der Waals surface area (Å²) in [6.45, 7) is 8.17. The number of rotatable bonds is 13. The maximum absolute atomic E-state index is 13.8. The molecule has 1 aliphatic heterocycles. The van der Waals surface area contributed by atoms with Crippen LogP contribution in [0.15, 0.2) is 48.5 Å². The Morgan fingerprint density at radius 3 is 2.72 bits per heavy atom. The maximum atomic E-state index is 13.8. The number of nitrogens with zero attached hydrogens (tertiary/aromatic N) is 2. The van der Waals surface area contributed by atoms with Crippen molar-refractivity contribution in [2.75, 3.05) is 46.1 Å². The van der Waals surface area contributed by atoms with Gasteiger partial charge >= 0.3 is 5.97 Å². The molecule has 0 amide bonds. The first-order chi connectivity index (χ1) is 22.9. The normalized spacial score (nSPS) is 14.6. The van der Waals surface area contributed by atoms with Gasteiger partial charge in [0.05, 0.1) is 48.8 Å². The fourth-order valence-corrected chi connectivity index (χ4v) is 6.65. The fourth-order valence-electron chi connectivity index (χ4n) is 6.39. The molecule has 1 fully saturated rings. The number of carbonyl (C=O) groups is 1. The van der Waals surface area contributed by atoms with Gasteiger partial charge in [0, 0.05) is 47.2 Å². The number of fused-ring (bicyclic) bond motifs is 2. The molecule has 248 valence electrons. The summed E-state index contributed by atoms with van der Waals surface area (Å²) in [5, 5.41) is 22.0. The molecule has 6 rings (SSSR count). The van der Waals surface area contributed by atoms with Crippen molar-refractivity contribution in [1.82, 2.24) is 20.1 Å². The zero-order chi connectivity index (χ0) is 32.9. The van der Waals surface area contributed by atoms with Crippen LogP contribution in [0.3, 0.4) is 0 Å². The van der Waals surface area contributed by atoms with E-state index in [0.717, 1.165) is 46.1 Å². The van der Waals surface area contributed by atoms with Gasteiger partial charge in [0.2, 0.25) is 0 Å². The highest BCUT2D eigenvalue weighted by Gasteiger charge is 2.28. The number of hydrogen-bond donors (Lipinski definition) is 3. The maximum Gasteiger partial charge on any atom is 0.355 e. The lowest BCUT2D eigenvalue weighted by molar-refractivity contribution is 0.0298. The minimum atomic E-state index is -0.822. The number of morpholine rings is 1. The molecule has 0 unspecified atom stereocenters. The SMILES string of the molecule is CCOC(=O)c1[nH]c2c(-c3c([C@H](O)CCN4CCOCC4)n[nH]c3CC)c(Cl)ccc2c1CCCOc1cccc2cc(F)ccc12. The second kappa shape index (κ2) is 14.9. The molecule has 0 spiro atoms. The molecular weight excluding hydrogens is 623 g/mol. The molecule has 0 saturated carbocycles. The number of hydrogen-bond acceptors (Lipinski definition) is 7. The van der Waals surface area contributed by atoms with Crippen LogP contribution in [-0.2, 0) is 22.3 Å². The summed E-state index contributed by atoms with van der Waals surface area (Å²) in [4.78, 5) is 18.9. The number of benzene rings is 3. The van der Waals surface area contributed by atoms with Gasteiger partial charge in [-0.25, -0.2) is 9.18 Å². The number of H-pyrrole nitrogens is 2. The number of aryl methyl sites for hydroxylation is 2. The molecule has 9 nitrogen and oxygen atoms in total.